The van der Waals surface area contributed by atoms with Gasteiger partial charge in [-0.1, -0.05) is 32.4 Å². The van der Waals surface area contributed by atoms with Crippen molar-refractivity contribution < 1.29 is 9.90 Å². The molecule has 0 spiro atoms. The summed E-state index contributed by atoms with van der Waals surface area (Å²) in [4.78, 5) is 13.0. The number of hydrogen-bond donors (Lipinski definition) is 2. The van der Waals surface area contributed by atoms with Crippen LogP contribution in [0.1, 0.15) is 27.2 Å². The van der Waals surface area contributed by atoms with Gasteiger partial charge in [-0.15, -0.1) is 11.8 Å². The summed E-state index contributed by atoms with van der Waals surface area (Å²) in [6.07, 6.45) is 0.570. The van der Waals surface area contributed by atoms with Crippen molar-refractivity contribution in [2.24, 2.45) is 5.41 Å². The largest absolute Gasteiger partial charge is 0.396 e. The van der Waals surface area contributed by atoms with Crippen molar-refractivity contribution in [2.45, 2.75) is 38.1 Å². The molecule has 0 saturated heterocycles. The third-order valence-electron chi connectivity index (χ3n) is 2.98. The SMILES string of the molecule is CC(C)(C)C(CCO)NC(=O)CSc1ccc(Cl)cc1. The molecule has 0 radical (unpaired) electrons. The summed E-state index contributed by atoms with van der Waals surface area (Å²) in [6, 6.07) is 7.40. The third-order valence-corrected chi connectivity index (χ3v) is 4.25. The molecule has 1 unspecified atom stereocenters. The normalized spacial score (nSPS) is 13.1. The predicted octanol–water partition coefficient (Wildman–Crippen LogP) is 3.35. The van der Waals surface area contributed by atoms with Crippen LogP contribution in [0, 0.1) is 5.41 Å². The minimum Gasteiger partial charge on any atom is -0.396 e. The van der Waals surface area contributed by atoms with Crippen LogP contribution in [0.2, 0.25) is 5.02 Å². The molecule has 112 valence electrons. The first-order chi connectivity index (χ1) is 9.32. The minimum absolute atomic E-state index is 0.0154. The van der Waals surface area contributed by atoms with Crippen LogP contribution >= 0.6 is 23.4 Å². The van der Waals surface area contributed by atoms with Gasteiger partial charge in [-0.2, -0.15) is 0 Å². The van der Waals surface area contributed by atoms with Crippen molar-refractivity contribution in [1.82, 2.24) is 5.32 Å². The van der Waals surface area contributed by atoms with E-state index < -0.39 is 0 Å². The molecule has 0 aromatic heterocycles. The Morgan fingerprint density at radius 1 is 1.35 bits per heavy atom. The molecule has 5 heteroatoms. The number of nitrogens with one attached hydrogen (secondary N) is 1. The summed E-state index contributed by atoms with van der Waals surface area (Å²) < 4.78 is 0. The average molecular weight is 316 g/mol. The summed E-state index contributed by atoms with van der Waals surface area (Å²) in [7, 11) is 0. The van der Waals surface area contributed by atoms with Gasteiger partial charge in [0.1, 0.15) is 0 Å². The van der Waals surface area contributed by atoms with Gasteiger partial charge in [-0.25, -0.2) is 0 Å². The van der Waals surface area contributed by atoms with Crippen LogP contribution in [0.5, 0.6) is 0 Å². The molecule has 2 N–H and O–H groups in total. The number of carbonyl (C=O) groups excluding carboxylic acids is 1. The van der Waals surface area contributed by atoms with Gasteiger partial charge >= 0.3 is 0 Å². The van der Waals surface area contributed by atoms with E-state index in [1.165, 1.54) is 11.8 Å². The Kier molecular flexibility index (Phi) is 6.86. The number of benzene rings is 1. The Balaban J connectivity index is 2.47. The van der Waals surface area contributed by atoms with E-state index in [-0.39, 0.29) is 24.0 Å². The van der Waals surface area contributed by atoms with Gasteiger partial charge in [0.2, 0.25) is 5.91 Å². The minimum atomic E-state index is -0.0661. The summed E-state index contributed by atoms with van der Waals surface area (Å²) >= 11 is 7.29. The van der Waals surface area contributed by atoms with Crippen molar-refractivity contribution in [3.8, 4) is 0 Å². The second-order valence-electron chi connectivity index (χ2n) is 5.74. The van der Waals surface area contributed by atoms with Crippen molar-refractivity contribution in [2.75, 3.05) is 12.4 Å². The van der Waals surface area contributed by atoms with E-state index in [1.54, 1.807) is 0 Å². The van der Waals surface area contributed by atoms with Crippen LogP contribution < -0.4 is 5.32 Å². The lowest BCUT2D eigenvalue weighted by Gasteiger charge is -2.31. The van der Waals surface area contributed by atoms with Crippen LogP contribution in [-0.2, 0) is 4.79 Å². The zero-order chi connectivity index (χ0) is 15.2. The maximum atomic E-state index is 12.0. The first-order valence-electron chi connectivity index (χ1n) is 6.61. The average Bonchev–Trinajstić information content (AvgIpc) is 2.36. The quantitative estimate of drug-likeness (QED) is 0.792. The van der Waals surface area contributed by atoms with Crippen molar-refractivity contribution in [3.05, 3.63) is 29.3 Å². The maximum absolute atomic E-state index is 12.0. The smallest absolute Gasteiger partial charge is 0.230 e. The zero-order valence-electron chi connectivity index (χ0n) is 12.1. The van der Waals surface area contributed by atoms with Gasteiger partial charge in [0.05, 0.1) is 5.75 Å². The number of amides is 1. The Morgan fingerprint density at radius 3 is 2.45 bits per heavy atom. The molecule has 0 aliphatic rings. The first-order valence-corrected chi connectivity index (χ1v) is 7.98. The van der Waals surface area contributed by atoms with Crippen LogP contribution in [0.25, 0.3) is 0 Å². The number of rotatable bonds is 6. The summed E-state index contributed by atoms with van der Waals surface area (Å²) in [5.74, 6) is 0.345. The molecule has 1 amide bonds. The Labute approximate surface area is 130 Å². The summed E-state index contributed by atoms with van der Waals surface area (Å²) in [5.41, 5.74) is -0.0661. The molecule has 0 aliphatic heterocycles. The second-order valence-corrected chi connectivity index (χ2v) is 7.23. The number of halogens is 1. The highest BCUT2D eigenvalue weighted by molar-refractivity contribution is 8.00. The van der Waals surface area contributed by atoms with Gasteiger partial charge in [0, 0.05) is 22.6 Å². The molecule has 3 nitrogen and oxygen atoms in total. The topological polar surface area (TPSA) is 49.3 Å². The fourth-order valence-electron chi connectivity index (χ4n) is 1.77. The summed E-state index contributed by atoms with van der Waals surface area (Å²) in [6.45, 7) is 6.24. The van der Waals surface area contributed by atoms with Gasteiger partial charge in [-0.3, -0.25) is 4.79 Å². The fraction of sp³-hybridized carbons (Fsp3) is 0.533. The van der Waals surface area contributed by atoms with Crippen molar-refractivity contribution in [3.63, 3.8) is 0 Å². The van der Waals surface area contributed by atoms with Gasteiger partial charge in [0.15, 0.2) is 0 Å². The molecule has 0 saturated carbocycles. The van der Waals surface area contributed by atoms with Gasteiger partial charge < -0.3 is 10.4 Å². The van der Waals surface area contributed by atoms with Crippen molar-refractivity contribution in [1.29, 1.82) is 0 Å². The molecular formula is C15H22ClNO2S. The third kappa shape index (κ3) is 6.16. The fourth-order valence-corrected chi connectivity index (χ4v) is 2.60. The molecule has 1 rings (SSSR count). The molecular weight excluding hydrogens is 294 g/mol. The van der Waals surface area contributed by atoms with E-state index in [2.05, 4.69) is 26.1 Å². The van der Waals surface area contributed by atoms with E-state index in [9.17, 15) is 4.79 Å². The number of hydrogen-bond acceptors (Lipinski definition) is 3. The first kappa shape index (κ1) is 17.3. The highest BCUT2D eigenvalue weighted by atomic mass is 35.5. The van der Waals surface area contributed by atoms with Crippen molar-refractivity contribution >= 4 is 29.3 Å². The lowest BCUT2D eigenvalue weighted by Crippen LogP contribution is -2.45. The number of thioether (sulfide) groups is 1. The molecule has 0 fully saturated rings. The Bertz CT molecular complexity index is 428. The van der Waals surface area contributed by atoms with E-state index in [1.807, 2.05) is 24.3 Å². The molecule has 20 heavy (non-hydrogen) atoms. The molecule has 0 heterocycles. The Morgan fingerprint density at radius 2 is 1.95 bits per heavy atom. The molecule has 1 aromatic rings. The molecule has 0 aliphatic carbocycles. The molecule has 1 atom stereocenters. The lowest BCUT2D eigenvalue weighted by atomic mass is 9.85. The van der Waals surface area contributed by atoms with Gasteiger partial charge in [-0.05, 0) is 36.1 Å². The van der Waals surface area contributed by atoms with Crippen LogP contribution in [0.4, 0.5) is 0 Å². The Hall–Kier alpha value is -0.710. The lowest BCUT2D eigenvalue weighted by molar-refractivity contribution is -0.120. The standard InChI is InChI=1S/C15H22ClNO2S/c1-15(2,3)13(8-9-18)17-14(19)10-20-12-6-4-11(16)5-7-12/h4-7,13,18H,8-10H2,1-3H3,(H,17,19). The number of aliphatic hydroxyl groups is 1. The van der Waals surface area contributed by atoms with Gasteiger partial charge in [0.25, 0.3) is 0 Å². The monoisotopic (exact) mass is 315 g/mol. The molecule has 1 aromatic carbocycles. The van der Waals surface area contributed by atoms with Crippen LogP contribution in [-0.4, -0.2) is 29.4 Å². The van der Waals surface area contributed by atoms with E-state index in [4.69, 9.17) is 16.7 Å². The highest BCUT2D eigenvalue weighted by Gasteiger charge is 2.25. The molecule has 0 bridgehead atoms. The number of aliphatic hydroxyl groups excluding tert-OH is 1. The van der Waals surface area contributed by atoms with Crippen LogP contribution in [0.15, 0.2) is 29.2 Å². The second kappa shape index (κ2) is 7.91. The van der Waals surface area contributed by atoms with E-state index in [0.29, 0.717) is 17.2 Å². The van der Waals surface area contributed by atoms with E-state index in [0.717, 1.165) is 4.90 Å². The van der Waals surface area contributed by atoms with E-state index >= 15 is 0 Å². The zero-order valence-corrected chi connectivity index (χ0v) is 13.7. The summed E-state index contributed by atoms with van der Waals surface area (Å²) in [5, 5.41) is 12.8. The number of carbonyl (C=O) groups is 1. The predicted molar refractivity (Wildman–Crippen MR) is 85.3 cm³/mol. The van der Waals surface area contributed by atoms with Crippen LogP contribution in [0.3, 0.4) is 0 Å². The highest BCUT2D eigenvalue weighted by Crippen LogP contribution is 2.23. The maximum Gasteiger partial charge on any atom is 0.230 e.